The van der Waals surface area contributed by atoms with Gasteiger partial charge in [-0.2, -0.15) is 18.3 Å². The van der Waals surface area contributed by atoms with Crippen LogP contribution in [-0.2, 0) is 17.5 Å². The number of hydrogen-bond donors (Lipinski definition) is 1. The molecule has 1 aliphatic rings. The summed E-state index contributed by atoms with van der Waals surface area (Å²) in [4.78, 5) is 22.6. The van der Waals surface area contributed by atoms with Crippen molar-refractivity contribution in [3.63, 3.8) is 0 Å². The maximum atomic E-state index is 13.2. The molecule has 4 rings (SSSR count). The first-order valence-electron chi connectivity index (χ1n) is 9.39. The van der Waals surface area contributed by atoms with Crippen LogP contribution in [0.25, 0.3) is 5.69 Å². The van der Waals surface area contributed by atoms with E-state index < -0.39 is 17.6 Å². The number of rotatable bonds is 7. The largest absolute Gasteiger partial charge is 0.416 e. The molecule has 0 radical (unpaired) electrons. The summed E-state index contributed by atoms with van der Waals surface area (Å²) in [5.74, 6) is -0.397. The number of aromatic nitrogens is 4. The molecule has 1 N–H and O–H groups in total. The van der Waals surface area contributed by atoms with Crippen molar-refractivity contribution >= 4 is 11.6 Å². The van der Waals surface area contributed by atoms with Crippen molar-refractivity contribution in [1.82, 2.24) is 24.6 Å². The topological polar surface area (TPSA) is 75.9 Å². The molecule has 1 aromatic carbocycles. The predicted octanol–water partition coefficient (Wildman–Crippen LogP) is 3.28. The average molecular weight is 416 g/mol. The van der Waals surface area contributed by atoms with Gasteiger partial charge in [0.25, 0.3) is 0 Å². The molecular formula is C20H19F3N6O. The molecule has 1 amide bonds. The predicted molar refractivity (Wildman–Crippen MR) is 103 cm³/mol. The summed E-state index contributed by atoms with van der Waals surface area (Å²) in [6.45, 7) is 0.608. The SMILES string of the molecule is O=C(CN(Cc1cccnc1)C1CC1)Nc1cc(C(F)(F)F)ccc1-n1cncn1. The first-order chi connectivity index (χ1) is 14.4. The lowest BCUT2D eigenvalue weighted by molar-refractivity contribution is -0.137. The van der Waals surface area contributed by atoms with Crippen molar-refractivity contribution in [2.24, 2.45) is 0 Å². The Labute approximate surface area is 170 Å². The average Bonchev–Trinajstić information content (AvgIpc) is 3.42. The molecule has 1 saturated carbocycles. The van der Waals surface area contributed by atoms with Crippen LogP contribution in [0.5, 0.6) is 0 Å². The van der Waals surface area contributed by atoms with Crippen LogP contribution in [-0.4, -0.2) is 43.1 Å². The molecule has 0 saturated heterocycles. The smallest absolute Gasteiger partial charge is 0.323 e. The summed E-state index contributed by atoms with van der Waals surface area (Å²) >= 11 is 0. The van der Waals surface area contributed by atoms with Crippen molar-refractivity contribution in [3.05, 3.63) is 66.5 Å². The fourth-order valence-electron chi connectivity index (χ4n) is 3.20. The van der Waals surface area contributed by atoms with Gasteiger partial charge in [0.15, 0.2) is 0 Å². The molecule has 1 fully saturated rings. The number of nitrogens with zero attached hydrogens (tertiary/aromatic N) is 5. The lowest BCUT2D eigenvalue weighted by Crippen LogP contribution is -2.34. The maximum Gasteiger partial charge on any atom is 0.416 e. The molecule has 0 unspecified atom stereocenters. The highest BCUT2D eigenvalue weighted by Crippen LogP contribution is 2.33. The fourth-order valence-corrected chi connectivity index (χ4v) is 3.20. The van der Waals surface area contributed by atoms with Crippen LogP contribution in [0, 0.1) is 0 Å². The van der Waals surface area contributed by atoms with Gasteiger partial charge in [-0.15, -0.1) is 0 Å². The van der Waals surface area contributed by atoms with Gasteiger partial charge >= 0.3 is 6.18 Å². The summed E-state index contributed by atoms with van der Waals surface area (Å²) in [7, 11) is 0. The Balaban J connectivity index is 1.54. The van der Waals surface area contributed by atoms with E-state index in [1.807, 2.05) is 17.0 Å². The summed E-state index contributed by atoms with van der Waals surface area (Å²) in [6, 6.07) is 7.17. The van der Waals surface area contributed by atoms with Crippen molar-refractivity contribution in [3.8, 4) is 5.69 Å². The number of halogens is 3. The Hall–Kier alpha value is -3.27. The molecule has 7 nitrogen and oxygen atoms in total. The lowest BCUT2D eigenvalue weighted by atomic mass is 10.1. The molecule has 2 aromatic heterocycles. The summed E-state index contributed by atoms with van der Waals surface area (Å²) in [5.41, 5.74) is 0.451. The third-order valence-electron chi connectivity index (χ3n) is 4.78. The number of alkyl halides is 3. The van der Waals surface area contributed by atoms with E-state index >= 15 is 0 Å². The molecule has 0 spiro atoms. The molecule has 0 bridgehead atoms. The van der Waals surface area contributed by atoms with Gasteiger partial charge in [0.1, 0.15) is 12.7 Å². The van der Waals surface area contributed by atoms with Gasteiger partial charge in [-0.1, -0.05) is 6.07 Å². The molecule has 2 heterocycles. The monoisotopic (exact) mass is 416 g/mol. The number of benzene rings is 1. The number of carbonyl (C=O) groups is 1. The quantitative estimate of drug-likeness (QED) is 0.640. The number of anilines is 1. The Morgan fingerprint density at radius 2 is 2.07 bits per heavy atom. The van der Waals surface area contributed by atoms with Crippen LogP contribution in [0.3, 0.4) is 0 Å². The highest BCUT2D eigenvalue weighted by Gasteiger charge is 2.32. The first-order valence-corrected chi connectivity index (χ1v) is 9.39. The molecule has 0 aliphatic heterocycles. The second kappa shape index (κ2) is 8.23. The normalized spacial score (nSPS) is 14.1. The van der Waals surface area contributed by atoms with E-state index in [2.05, 4.69) is 20.4 Å². The third kappa shape index (κ3) is 4.82. The van der Waals surface area contributed by atoms with Gasteiger partial charge in [-0.25, -0.2) is 9.67 Å². The summed E-state index contributed by atoms with van der Waals surface area (Å²) in [5, 5.41) is 6.58. The second-order valence-electron chi connectivity index (χ2n) is 7.12. The minimum absolute atomic E-state index is 0.0254. The van der Waals surface area contributed by atoms with E-state index in [1.165, 1.54) is 23.4 Å². The van der Waals surface area contributed by atoms with E-state index in [-0.39, 0.29) is 18.3 Å². The zero-order valence-corrected chi connectivity index (χ0v) is 15.9. The second-order valence-corrected chi connectivity index (χ2v) is 7.12. The van der Waals surface area contributed by atoms with E-state index in [4.69, 9.17) is 0 Å². The van der Waals surface area contributed by atoms with Crippen LogP contribution in [0.15, 0.2) is 55.4 Å². The Kier molecular flexibility index (Phi) is 5.49. The van der Waals surface area contributed by atoms with Crippen molar-refractivity contribution in [2.45, 2.75) is 31.6 Å². The fraction of sp³-hybridized carbons (Fsp3) is 0.300. The van der Waals surface area contributed by atoms with E-state index in [9.17, 15) is 18.0 Å². The zero-order chi connectivity index (χ0) is 21.1. The van der Waals surface area contributed by atoms with Gasteiger partial charge in [0.2, 0.25) is 5.91 Å². The van der Waals surface area contributed by atoms with Gasteiger partial charge < -0.3 is 5.32 Å². The zero-order valence-electron chi connectivity index (χ0n) is 15.9. The molecular weight excluding hydrogens is 397 g/mol. The number of hydrogen-bond acceptors (Lipinski definition) is 5. The van der Waals surface area contributed by atoms with E-state index in [0.717, 1.165) is 30.5 Å². The van der Waals surface area contributed by atoms with Crippen LogP contribution in [0.1, 0.15) is 24.0 Å². The van der Waals surface area contributed by atoms with Gasteiger partial charge in [0, 0.05) is 25.0 Å². The third-order valence-corrected chi connectivity index (χ3v) is 4.78. The Bertz CT molecular complexity index is 1000. The molecule has 1 aliphatic carbocycles. The van der Waals surface area contributed by atoms with Crippen LogP contribution < -0.4 is 5.32 Å². The van der Waals surface area contributed by atoms with Crippen LogP contribution in [0.2, 0.25) is 0 Å². The van der Waals surface area contributed by atoms with Gasteiger partial charge in [-0.05, 0) is 42.7 Å². The molecule has 30 heavy (non-hydrogen) atoms. The minimum atomic E-state index is -4.53. The number of amides is 1. The Morgan fingerprint density at radius 3 is 2.70 bits per heavy atom. The maximum absolute atomic E-state index is 13.2. The van der Waals surface area contributed by atoms with Crippen LogP contribution >= 0.6 is 0 Å². The highest BCUT2D eigenvalue weighted by molar-refractivity contribution is 5.94. The van der Waals surface area contributed by atoms with Gasteiger partial charge in [0.05, 0.1) is 23.5 Å². The highest BCUT2D eigenvalue weighted by atomic mass is 19.4. The van der Waals surface area contributed by atoms with Crippen molar-refractivity contribution < 1.29 is 18.0 Å². The molecule has 3 aromatic rings. The van der Waals surface area contributed by atoms with E-state index in [1.54, 1.807) is 12.4 Å². The molecule has 10 heteroatoms. The number of nitrogens with one attached hydrogen (secondary N) is 1. The van der Waals surface area contributed by atoms with Crippen molar-refractivity contribution in [2.75, 3.05) is 11.9 Å². The Morgan fingerprint density at radius 1 is 1.23 bits per heavy atom. The first kappa shape index (κ1) is 20.0. The summed E-state index contributed by atoms with van der Waals surface area (Å²) < 4.78 is 40.9. The summed E-state index contributed by atoms with van der Waals surface area (Å²) in [6.07, 6.45) is 3.49. The van der Waals surface area contributed by atoms with Crippen LogP contribution in [0.4, 0.5) is 18.9 Å². The standard InChI is InChI=1S/C20H19F3N6O/c21-20(22,23)15-3-6-18(29-13-25-12-26-29)17(8-15)27-19(30)11-28(16-4-5-16)10-14-2-1-7-24-9-14/h1-3,6-9,12-13,16H,4-5,10-11H2,(H,27,30). The van der Waals surface area contributed by atoms with E-state index in [0.29, 0.717) is 12.2 Å². The number of carbonyl (C=O) groups excluding carboxylic acids is 1. The molecule has 156 valence electrons. The molecule has 0 atom stereocenters. The minimum Gasteiger partial charge on any atom is -0.323 e. The van der Waals surface area contributed by atoms with Crippen molar-refractivity contribution in [1.29, 1.82) is 0 Å². The van der Waals surface area contributed by atoms with Gasteiger partial charge in [-0.3, -0.25) is 14.7 Å². The number of pyridine rings is 1. The lowest BCUT2D eigenvalue weighted by Gasteiger charge is -2.22.